The highest BCUT2D eigenvalue weighted by Crippen LogP contribution is 2.25. The lowest BCUT2D eigenvalue weighted by Crippen LogP contribution is -2.34. The summed E-state index contributed by atoms with van der Waals surface area (Å²) < 4.78 is 37.6. The van der Waals surface area contributed by atoms with Crippen LogP contribution < -0.4 is 0 Å². The van der Waals surface area contributed by atoms with Crippen LogP contribution in [0.2, 0.25) is 0 Å². The number of halogens is 1. The molecule has 5 heteroatoms. The molecule has 0 amide bonds. The first-order chi connectivity index (χ1) is 6.51. The van der Waals surface area contributed by atoms with E-state index >= 15 is 0 Å². The molecule has 0 saturated heterocycles. The van der Waals surface area contributed by atoms with Gasteiger partial charge in [0.15, 0.2) is 0 Å². The average Bonchev–Trinajstić information content (AvgIpc) is 2.12. The maximum Gasteiger partial charge on any atom is 0.243 e. The van der Waals surface area contributed by atoms with Crippen LogP contribution in [0.1, 0.15) is 5.56 Å². The Morgan fingerprint density at radius 3 is 2.86 bits per heavy atom. The molecule has 1 aromatic carbocycles. The number of rotatable bonds is 0. The van der Waals surface area contributed by atoms with Crippen molar-refractivity contribution in [1.82, 2.24) is 4.31 Å². The summed E-state index contributed by atoms with van der Waals surface area (Å²) in [5.41, 5.74) is 0.572. The molecule has 1 aliphatic heterocycles. The van der Waals surface area contributed by atoms with Crippen LogP contribution in [-0.4, -0.2) is 26.3 Å². The summed E-state index contributed by atoms with van der Waals surface area (Å²) in [4.78, 5) is 0.229. The molecule has 0 aliphatic carbocycles. The van der Waals surface area contributed by atoms with Gasteiger partial charge in [-0.15, -0.1) is 0 Å². The van der Waals surface area contributed by atoms with Crippen molar-refractivity contribution in [2.24, 2.45) is 0 Å². The monoisotopic (exact) mass is 215 g/mol. The van der Waals surface area contributed by atoms with E-state index in [0.29, 0.717) is 18.5 Å². The molecule has 0 spiro atoms. The van der Waals surface area contributed by atoms with E-state index in [9.17, 15) is 12.8 Å². The molecule has 14 heavy (non-hydrogen) atoms. The molecule has 2 rings (SSSR count). The summed E-state index contributed by atoms with van der Waals surface area (Å²) >= 11 is 0. The van der Waals surface area contributed by atoms with Gasteiger partial charge in [0.25, 0.3) is 0 Å². The second-order valence-corrected chi connectivity index (χ2v) is 5.34. The quantitative estimate of drug-likeness (QED) is 0.647. The average molecular weight is 215 g/mol. The zero-order valence-electron chi connectivity index (χ0n) is 7.70. The van der Waals surface area contributed by atoms with Crippen molar-refractivity contribution < 1.29 is 12.8 Å². The number of fused-ring (bicyclic) bond motifs is 1. The van der Waals surface area contributed by atoms with Crippen LogP contribution in [0.5, 0.6) is 0 Å². The highest BCUT2D eigenvalue weighted by molar-refractivity contribution is 7.89. The fourth-order valence-electron chi connectivity index (χ4n) is 1.56. The van der Waals surface area contributed by atoms with E-state index in [2.05, 4.69) is 0 Å². The minimum Gasteiger partial charge on any atom is -0.207 e. The number of benzene rings is 1. The van der Waals surface area contributed by atoms with Crippen LogP contribution in [0.25, 0.3) is 0 Å². The highest BCUT2D eigenvalue weighted by atomic mass is 32.2. The smallest absolute Gasteiger partial charge is 0.207 e. The largest absolute Gasteiger partial charge is 0.243 e. The Balaban J connectivity index is 2.65. The van der Waals surface area contributed by atoms with Gasteiger partial charge in [-0.05, 0) is 30.2 Å². The Morgan fingerprint density at radius 2 is 2.14 bits per heavy atom. The summed E-state index contributed by atoms with van der Waals surface area (Å²) in [6, 6.07) is 3.80. The van der Waals surface area contributed by atoms with Crippen LogP contribution in [0.15, 0.2) is 23.1 Å². The van der Waals surface area contributed by atoms with Crippen molar-refractivity contribution in [3.05, 3.63) is 29.6 Å². The van der Waals surface area contributed by atoms with Crippen LogP contribution >= 0.6 is 0 Å². The van der Waals surface area contributed by atoms with Crippen LogP contribution in [0.3, 0.4) is 0 Å². The van der Waals surface area contributed by atoms with Gasteiger partial charge in [-0.25, -0.2) is 17.1 Å². The molecule has 1 aliphatic rings. The lowest BCUT2D eigenvalue weighted by atomic mass is 10.1. The Morgan fingerprint density at radius 1 is 1.43 bits per heavy atom. The Hall–Kier alpha value is -0.940. The maximum atomic E-state index is 12.8. The first-order valence-electron chi connectivity index (χ1n) is 4.26. The fraction of sp³-hybridized carbons (Fsp3) is 0.333. The Kier molecular flexibility index (Phi) is 2.08. The van der Waals surface area contributed by atoms with Gasteiger partial charge in [0.05, 0.1) is 4.90 Å². The van der Waals surface area contributed by atoms with Gasteiger partial charge in [0, 0.05) is 13.6 Å². The van der Waals surface area contributed by atoms with E-state index in [0.717, 1.165) is 0 Å². The molecule has 0 radical (unpaired) electrons. The number of hydrogen-bond donors (Lipinski definition) is 0. The van der Waals surface area contributed by atoms with Crippen molar-refractivity contribution >= 4 is 10.0 Å². The SMILES string of the molecule is CN1CCc2cc(F)ccc2S1(=O)=O. The van der Waals surface area contributed by atoms with Gasteiger partial charge in [-0.3, -0.25) is 0 Å². The molecule has 1 aromatic rings. The Bertz CT molecular complexity index is 470. The van der Waals surface area contributed by atoms with Crippen molar-refractivity contribution in [3.8, 4) is 0 Å². The zero-order valence-corrected chi connectivity index (χ0v) is 8.51. The van der Waals surface area contributed by atoms with E-state index in [-0.39, 0.29) is 10.7 Å². The minimum absolute atomic E-state index is 0.229. The number of nitrogens with zero attached hydrogens (tertiary/aromatic N) is 1. The van der Waals surface area contributed by atoms with E-state index in [4.69, 9.17) is 0 Å². The lowest BCUT2D eigenvalue weighted by Gasteiger charge is -2.24. The summed E-state index contributed by atoms with van der Waals surface area (Å²) in [6.45, 7) is 0.415. The maximum absolute atomic E-state index is 12.8. The predicted molar refractivity (Wildman–Crippen MR) is 49.9 cm³/mol. The zero-order chi connectivity index (χ0) is 10.3. The molecule has 0 fully saturated rings. The predicted octanol–water partition coefficient (Wildman–Crippen LogP) is 1.00. The van der Waals surface area contributed by atoms with Crippen LogP contribution in [0.4, 0.5) is 4.39 Å². The standard InChI is InChI=1S/C9H10FNO2S/c1-11-5-4-7-6-8(10)2-3-9(7)14(11,12)13/h2-3,6H,4-5H2,1H3. The summed E-state index contributed by atoms with van der Waals surface area (Å²) in [5, 5.41) is 0. The third kappa shape index (κ3) is 1.33. The molecular formula is C9H10FNO2S. The summed E-state index contributed by atoms with van der Waals surface area (Å²) in [6.07, 6.45) is 0.572. The van der Waals surface area contributed by atoms with Crippen LogP contribution in [0, 0.1) is 5.82 Å². The van der Waals surface area contributed by atoms with Gasteiger partial charge in [-0.1, -0.05) is 0 Å². The third-order valence-corrected chi connectivity index (χ3v) is 4.36. The molecule has 76 valence electrons. The molecule has 1 heterocycles. The lowest BCUT2D eigenvalue weighted by molar-refractivity contribution is 0.456. The van der Waals surface area contributed by atoms with Crippen molar-refractivity contribution in [2.75, 3.05) is 13.6 Å². The molecule has 3 nitrogen and oxygen atoms in total. The second kappa shape index (κ2) is 3.03. The van der Waals surface area contributed by atoms with E-state index in [1.165, 1.54) is 29.6 Å². The van der Waals surface area contributed by atoms with Crippen molar-refractivity contribution in [2.45, 2.75) is 11.3 Å². The summed E-state index contributed by atoms with van der Waals surface area (Å²) in [5.74, 6) is -0.386. The third-order valence-electron chi connectivity index (χ3n) is 2.41. The molecule has 0 unspecified atom stereocenters. The number of hydrogen-bond acceptors (Lipinski definition) is 2. The Labute approximate surface area is 82.2 Å². The molecule has 0 bridgehead atoms. The van der Waals surface area contributed by atoms with Crippen LogP contribution in [-0.2, 0) is 16.4 Å². The summed E-state index contributed by atoms with van der Waals surface area (Å²) in [7, 11) is -1.84. The van der Waals surface area contributed by atoms with Gasteiger partial charge < -0.3 is 0 Å². The van der Waals surface area contributed by atoms with E-state index in [1.807, 2.05) is 0 Å². The van der Waals surface area contributed by atoms with Gasteiger partial charge in [0.2, 0.25) is 10.0 Å². The van der Waals surface area contributed by atoms with E-state index in [1.54, 1.807) is 0 Å². The number of likely N-dealkylation sites (N-methyl/N-ethyl adjacent to an activating group) is 1. The van der Waals surface area contributed by atoms with Gasteiger partial charge in [-0.2, -0.15) is 0 Å². The molecule has 0 N–H and O–H groups in total. The van der Waals surface area contributed by atoms with Gasteiger partial charge >= 0.3 is 0 Å². The topological polar surface area (TPSA) is 37.4 Å². The molecular weight excluding hydrogens is 205 g/mol. The molecule has 0 saturated carbocycles. The van der Waals surface area contributed by atoms with Gasteiger partial charge in [0.1, 0.15) is 5.82 Å². The first-order valence-corrected chi connectivity index (χ1v) is 5.70. The molecule has 0 aromatic heterocycles. The highest BCUT2D eigenvalue weighted by Gasteiger charge is 2.28. The first kappa shape index (κ1) is 9.61. The fourth-order valence-corrected chi connectivity index (χ4v) is 2.96. The minimum atomic E-state index is -3.37. The van der Waals surface area contributed by atoms with E-state index < -0.39 is 10.0 Å². The van der Waals surface area contributed by atoms with Crippen molar-refractivity contribution in [3.63, 3.8) is 0 Å². The second-order valence-electron chi connectivity index (χ2n) is 3.33. The normalized spacial score (nSPS) is 20.4. The number of sulfonamides is 1. The van der Waals surface area contributed by atoms with Crippen molar-refractivity contribution in [1.29, 1.82) is 0 Å². The molecule has 0 atom stereocenters.